The summed E-state index contributed by atoms with van der Waals surface area (Å²) in [4.78, 5) is 16.2. The van der Waals surface area contributed by atoms with Crippen molar-refractivity contribution in [2.45, 2.75) is 52.7 Å². The lowest BCUT2D eigenvalue weighted by Gasteiger charge is -2.27. The predicted molar refractivity (Wildman–Crippen MR) is 65.8 cm³/mol. The van der Waals surface area contributed by atoms with Crippen molar-refractivity contribution >= 4 is 5.97 Å². The summed E-state index contributed by atoms with van der Waals surface area (Å²) in [5.74, 6) is -0.878. The molecule has 0 amide bonds. The first-order valence-corrected chi connectivity index (χ1v) is 6.37. The first-order valence-electron chi connectivity index (χ1n) is 6.37. The standard InChI is InChI=1S/C13H24O5/c1-6-7-17-11(15)9-8(12(9,2)3)10(14)13(4,5)18-16/h8-10,14,16H,6-7H2,1-5H3. The van der Waals surface area contributed by atoms with Crippen molar-refractivity contribution in [3.63, 3.8) is 0 Å². The molecule has 1 saturated carbocycles. The number of ether oxygens (including phenoxy) is 1. The minimum atomic E-state index is -1.10. The van der Waals surface area contributed by atoms with Gasteiger partial charge in [0.15, 0.2) is 0 Å². The number of rotatable bonds is 6. The number of carbonyl (C=O) groups excluding carboxylic acids is 1. The number of hydrogen-bond donors (Lipinski definition) is 2. The third kappa shape index (κ3) is 2.68. The Morgan fingerprint density at radius 2 is 2.00 bits per heavy atom. The summed E-state index contributed by atoms with van der Waals surface area (Å²) in [6.07, 6.45) is -0.145. The predicted octanol–water partition coefficient (Wildman–Crippen LogP) is 1.84. The van der Waals surface area contributed by atoms with E-state index in [1.165, 1.54) is 0 Å². The molecule has 1 fully saturated rings. The summed E-state index contributed by atoms with van der Waals surface area (Å²) in [5.41, 5.74) is -1.43. The first-order chi connectivity index (χ1) is 8.20. The van der Waals surface area contributed by atoms with Crippen LogP contribution in [0.1, 0.15) is 41.0 Å². The molecular formula is C13H24O5. The van der Waals surface area contributed by atoms with Gasteiger partial charge in [0.2, 0.25) is 0 Å². The summed E-state index contributed by atoms with van der Waals surface area (Å²) < 4.78 is 5.12. The van der Waals surface area contributed by atoms with Gasteiger partial charge in [-0.3, -0.25) is 10.1 Å². The Labute approximate surface area is 108 Å². The zero-order valence-corrected chi connectivity index (χ0v) is 11.8. The molecule has 0 spiro atoms. The van der Waals surface area contributed by atoms with Crippen LogP contribution in [0.2, 0.25) is 0 Å². The van der Waals surface area contributed by atoms with Gasteiger partial charge in [0, 0.05) is 5.92 Å². The molecule has 0 aromatic carbocycles. The van der Waals surface area contributed by atoms with Gasteiger partial charge < -0.3 is 9.84 Å². The Balaban J connectivity index is 2.71. The van der Waals surface area contributed by atoms with Crippen molar-refractivity contribution in [2.24, 2.45) is 17.3 Å². The molecule has 1 rings (SSSR count). The van der Waals surface area contributed by atoms with Crippen LogP contribution in [0, 0.1) is 17.3 Å². The quantitative estimate of drug-likeness (QED) is 0.433. The van der Waals surface area contributed by atoms with Crippen molar-refractivity contribution in [3.8, 4) is 0 Å². The fourth-order valence-corrected chi connectivity index (χ4v) is 2.50. The highest BCUT2D eigenvalue weighted by atomic mass is 17.1. The molecule has 0 heterocycles. The number of aliphatic hydroxyl groups excluding tert-OH is 1. The van der Waals surface area contributed by atoms with Gasteiger partial charge in [-0.05, 0) is 25.7 Å². The molecule has 0 aromatic heterocycles. The van der Waals surface area contributed by atoms with Crippen LogP contribution in [0.15, 0.2) is 0 Å². The summed E-state index contributed by atoms with van der Waals surface area (Å²) >= 11 is 0. The van der Waals surface area contributed by atoms with Gasteiger partial charge in [0.05, 0.1) is 18.6 Å². The Hall–Kier alpha value is -0.650. The van der Waals surface area contributed by atoms with Crippen LogP contribution >= 0.6 is 0 Å². The van der Waals surface area contributed by atoms with Gasteiger partial charge in [0.1, 0.15) is 5.60 Å². The summed E-state index contributed by atoms with van der Waals surface area (Å²) in [6, 6.07) is 0. The number of esters is 1. The van der Waals surface area contributed by atoms with E-state index in [9.17, 15) is 9.90 Å². The van der Waals surface area contributed by atoms with Crippen molar-refractivity contribution in [1.29, 1.82) is 0 Å². The van der Waals surface area contributed by atoms with Crippen LogP contribution in [-0.4, -0.2) is 34.6 Å². The van der Waals surface area contributed by atoms with E-state index in [1.54, 1.807) is 13.8 Å². The highest BCUT2D eigenvalue weighted by Crippen LogP contribution is 2.61. The molecule has 0 radical (unpaired) electrons. The van der Waals surface area contributed by atoms with E-state index in [2.05, 4.69) is 4.89 Å². The lowest BCUT2D eigenvalue weighted by atomic mass is 9.93. The van der Waals surface area contributed by atoms with Crippen LogP contribution in [0.4, 0.5) is 0 Å². The molecule has 1 aliphatic rings. The zero-order valence-electron chi connectivity index (χ0n) is 11.8. The van der Waals surface area contributed by atoms with Crippen LogP contribution < -0.4 is 0 Å². The Morgan fingerprint density at radius 3 is 2.44 bits per heavy atom. The van der Waals surface area contributed by atoms with E-state index in [0.717, 1.165) is 6.42 Å². The molecule has 1 aliphatic carbocycles. The third-order valence-corrected chi connectivity index (χ3v) is 3.90. The van der Waals surface area contributed by atoms with Crippen molar-refractivity contribution in [2.75, 3.05) is 6.61 Å². The maximum atomic E-state index is 11.9. The maximum absolute atomic E-state index is 11.9. The zero-order chi connectivity index (χ0) is 14.1. The lowest BCUT2D eigenvalue weighted by Crippen LogP contribution is -2.41. The molecule has 2 N–H and O–H groups in total. The van der Waals surface area contributed by atoms with Crippen molar-refractivity contribution < 1.29 is 24.8 Å². The summed E-state index contributed by atoms with van der Waals surface area (Å²) in [6.45, 7) is 9.31. The topological polar surface area (TPSA) is 76.0 Å². The highest BCUT2D eigenvalue weighted by Gasteiger charge is 2.67. The van der Waals surface area contributed by atoms with Gasteiger partial charge in [0.25, 0.3) is 0 Å². The van der Waals surface area contributed by atoms with Crippen LogP contribution in [-0.2, 0) is 14.4 Å². The van der Waals surface area contributed by atoms with Crippen LogP contribution in [0.25, 0.3) is 0 Å². The molecule has 18 heavy (non-hydrogen) atoms. The first kappa shape index (κ1) is 15.4. The van der Waals surface area contributed by atoms with E-state index in [-0.39, 0.29) is 23.2 Å². The minimum absolute atomic E-state index is 0.260. The van der Waals surface area contributed by atoms with E-state index < -0.39 is 11.7 Å². The molecule has 5 nitrogen and oxygen atoms in total. The molecule has 0 saturated heterocycles. The Morgan fingerprint density at radius 1 is 1.44 bits per heavy atom. The molecule has 5 heteroatoms. The van der Waals surface area contributed by atoms with E-state index in [4.69, 9.17) is 9.99 Å². The molecule has 0 aliphatic heterocycles. The largest absolute Gasteiger partial charge is 0.465 e. The second-order valence-corrected chi connectivity index (χ2v) is 6.13. The van der Waals surface area contributed by atoms with Gasteiger partial charge >= 0.3 is 5.97 Å². The second-order valence-electron chi connectivity index (χ2n) is 6.13. The maximum Gasteiger partial charge on any atom is 0.309 e. The van der Waals surface area contributed by atoms with Crippen LogP contribution in [0.3, 0.4) is 0 Å². The second kappa shape index (κ2) is 5.15. The lowest BCUT2D eigenvalue weighted by molar-refractivity contribution is -0.336. The minimum Gasteiger partial charge on any atom is -0.465 e. The Kier molecular flexibility index (Phi) is 4.41. The third-order valence-electron chi connectivity index (χ3n) is 3.90. The monoisotopic (exact) mass is 260 g/mol. The number of hydrogen-bond acceptors (Lipinski definition) is 5. The SMILES string of the molecule is CCCOC(=O)C1C(C(O)C(C)(C)OO)C1(C)C. The smallest absolute Gasteiger partial charge is 0.309 e. The average molecular weight is 260 g/mol. The average Bonchev–Trinajstić information content (AvgIpc) is 2.87. The fraction of sp³-hybridized carbons (Fsp3) is 0.923. The Bertz CT molecular complexity index is 311. The normalized spacial score (nSPS) is 27.7. The molecule has 0 aromatic rings. The van der Waals surface area contributed by atoms with Gasteiger partial charge in [-0.2, -0.15) is 0 Å². The van der Waals surface area contributed by atoms with Gasteiger partial charge in [-0.25, -0.2) is 4.89 Å². The van der Waals surface area contributed by atoms with E-state index >= 15 is 0 Å². The van der Waals surface area contributed by atoms with E-state index in [1.807, 2.05) is 20.8 Å². The summed E-state index contributed by atoms with van der Waals surface area (Å²) in [5, 5.41) is 19.0. The molecular weight excluding hydrogens is 236 g/mol. The van der Waals surface area contributed by atoms with Gasteiger partial charge in [-0.15, -0.1) is 0 Å². The molecule has 3 unspecified atom stereocenters. The van der Waals surface area contributed by atoms with Crippen molar-refractivity contribution in [1.82, 2.24) is 0 Å². The highest BCUT2D eigenvalue weighted by molar-refractivity contribution is 5.77. The van der Waals surface area contributed by atoms with E-state index in [0.29, 0.717) is 6.61 Å². The molecule has 0 bridgehead atoms. The van der Waals surface area contributed by atoms with Gasteiger partial charge in [-0.1, -0.05) is 20.8 Å². The molecule has 106 valence electrons. The fourth-order valence-electron chi connectivity index (χ4n) is 2.50. The number of aliphatic hydroxyl groups is 1. The van der Waals surface area contributed by atoms with Crippen molar-refractivity contribution in [3.05, 3.63) is 0 Å². The summed E-state index contributed by atoms with van der Waals surface area (Å²) in [7, 11) is 0. The molecule has 3 atom stereocenters. The number of carbonyl (C=O) groups is 1. The van der Waals surface area contributed by atoms with Crippen LogP contribution in [0.5, 0.6) is 0 Å².